The molecule has 0 aliphatic heterocycles. The Kier molecular flexibility index (Phi) is 5.47. The monoisotopic (exact) mass is 418 g/mol. The maximum atomic E-state index is 12.6. The Hall–Kier alpha value is -2.42. The molecular formula is C20H22N2O4S2. The van der Waals surface area contributed by atoms with E-state index in [1.165, 1.54) is 24.3 Å². The molecule has 0 radical (unpaired) electrons. The minimum Gasteiger partial charge on any atom is -0.280 e. The third-order valence-electron chi connectivity index (χ3n) is 4.43. The molecule has 2 aromatic carbocycles. The Morgan fingerprint density at radius 2 is 1.32 bits per heavy atom. The quantitative estimate of drug-likeness (QED) is 0.754. The van der Waals surface area contributed by atoms with Crippen LogP contribution in [-0.4, -0.2) is 22.4 Å². The molecular weight excluding hydrogens is 396 g/mol. The Balaban J connectivity index is 1.79. The fourth-order valence-electron chi connectivity index (χ4n) is 3.07. The van der Waals surface area contributed by atoms with Crippen LogP contribution in [0.25, 0.3) is 0 Å². The van der Waals surface area contributed by atoms with Gasteiger partial charge in [0.1, 0.15) is 0 Å². The third kappa shape index (κ3) is 4.52. The molecule has 1 aliphatic rings. The zero-order chi connectivity index (χ0) is 20.4. The van der Waals surface area contributed by atoms with Crippen LogP contribution in [0, 0.1) is 0 Å². The Bertz CT molecular complexity index is 1120. The van der Waals surface area contributed by atoms with E-state index in [2.05, 4.69) is 9.44 Å². The van der Waals surface area contributed by atoms with Gasteiger partial charge in [-0.1, -0.05) is 42.5 Å². The van der Waals surface area contributed by atoms with Gasteiger partial charge < -0.3 is 0 Å². The fraction of sp³-hybridized carbons (Fsp3) is 0.200. The summed E-state index contributed by atoms with van der Waals surface area (Å²) in [5.74, 6) is 0. The number of sulfonamides is 2. The zero-order valence-electron chi connectivity index (χ0n) is 15.6. The predicted molar refractivity (Wildman–Crippen MR) is 108 cm³/mol. The average molecular weight is 419 g/mol. The summed E-state index contributed by atoms with van der Waals surface area (Å²) in [5, 5.41) is 0. The summed E-state index contributed by atoms with van der Waals surface area (Å²) in [5.41, 5.74) is 0.320. The molecule has 0 saturated carbocycles. The van der Waals surface area contributed by atoms with E-state index in [1.54, 1.807) is 62.4 Å². The first-order chi connectivity index (χ1) is 13.1. The lowest BCUT2D eigenvalue weighted by molar-refractivity contribution is 0.487. The molecule has 2 N–H and O–H groups in total. The van der Waals surface area contributed by atoms with E-state index >= 15 is 0 Å². The van der Waals surface area contributed by atoms with E-state index in [1.807, 2.05) is 0 Å². The number of nitrogens with one attached hydrogen (secondary N) is 2. The molecule has 0 saturated heterocycles. The zero-order valence-corrected chi connectivity index (χ0v) is 17.2. The highest BCUT2D eigenvalue weighted by molar-refractivity contribution is 7.90. The van der Waals surface area contributed by atoms with Crippen LogP contribution in [-0.2, 0) is 20.0 Å². The van der Waals surface area contributed by atoms with E-state index < -0.39 is 25.6 Å². The smallest absolute Gasteiger partial charge is 0.261 e. The number of allylic oxidation sites excluding steroid dienone is 1. The van der Waals surface area contributed by atoms with Gasteiger partial charge in [-0.25, -0.2) is 21.6 Å². The lowest BCUT2D eigenvalue weighted by Gasteiger charge is -2.31. The SMILES string of the molecule is CC1=C(NS(=O)(=O)c2ccccc2)C=CC(C)(NS(=O)(=O)c2ccccc2)C1. The normalized spacial score (nSPS) is 20.2. The van der Waals surface area contributed by atoms with Gasteiger partial charge in [-0.05, 0) is 56.2 Å². The molecule has 3 rings (SSSR count). The van der Waals surface area contributed by atoms with E-state index in [0.29, 0.717) is 12.1 Å². The van der Waals surface area contributed by atoms with E-state index in [0.717, 1.165) is 5.57 Å². The Morgan fingerprint density at radius 1 is 0.821 bits per heavy atom. The molecule has 28 heavy (non-hydrogen) atoms. The van der Waals surface area contributed by atoms with Gasteiger partial charge in [0.05, 0.1) is 15.3 Å². The van der Waals surface area contributed by atoms with Crippen molar-refractivity contribution < 1.29 is 16.8 Å². The molecule has 1 aliphatic carbocycles. The van der Waals surface area contributed by atoms with Gasteiger partial charge in [-0.2, -0.15) is 0 Å². The molecule has 0 fully saturated rings. The highest BCUT2D eigenvalue weighted by Crippen LogP contribution is 2.28. The van der Waals surface area contributed by atoms with Crippen LogP contribution in [0.15, 0.2) is 93.9 Å². The topological polar surface area (TPSA) is 92.3 Å². The van der Waals surface area contributed by atoms with Crippen molar-refractivity contribution in [1.29, 1.82) is 0 Å². The van der Waals surface area contributed by atoms with Gasteiger partial charge >= 0.3 is 0 Å². The van der Waals surface area contributed by atoms with Crippen LogP contribution in [0.2, 0.25) is 0 Å². The maximum absolute atomic E-state index is 12.6. The van der Waals surface area contributed by atoms with E-state index in [4.69, 9.17) is 0 Å². The van der Waals surface area contributed by atoms with Crippen LogP contribution >= 0.6 is 0 Å². The van der Waals surface area contributed by atoms with Crippen molar-refractivity contribution in [3.05, 3.63) is 84.1 Å². The molecule has 0 bridgehead atoms. The van der Waals surface area contributed by atoms with Gasteiger partial charge in [0.25, 0.3) is 10.0 Å². The molecule has 1 atom stereocenters. The van der Waals surface area contributed by atoms with Crippen molar-refractivity contribution in [3.8, 4) is 0 Å². The first kappa shape index (κ1) is 20.3. The molecule has 2 aromatic rings. The van der Waals surface area contributed by atoms with E-state index in [9.17, 15) is 16.8 Å². The third-order valence-corrected chi connectivity index (χ3v) is 7.44. The average Bonchev–Trinajstić information content (AvgIpc) is 2.65. The van der Waals surface area contributed by atoms with Crippen molar-refractivity contribution in [3.63, 3.8) is 0 Å². The molecule has 0 amide bonds. The number of hydrogen-bond donors (Lipinski definition) is 2. The summed E-state index contributed by atoms with van der Waals surface area (Å²) in [6, 6.07) is 16.2. The van der Waals surface area contributed by atoms with Crippen LogP contribution < -0.4 is 9.44 Å². The summed E-state index contributed by atoms with van der Waals surface area (Å²) in [6.07, 6.45) is 3.61. The molecule has 8 heteroatoms. The van der Waals surface area contributed by atoms with Crippen LogP contribution in [0.1, 0.15) is 20.3 Å². The minimum absolute atomic E-state index is 0.168. The molecule has 6 nitrogen and oxygen atoms in total. The Labute approximate surface area is 166 Å². The summed E-state index contributed by atoms with van der Waals surface area (Å²) >= 11 is 0. The van der Waals surface area contributed by atoms with Gasteiger partial charge in [0.2, 0.25) is 10.0 Å². The number of benzene rings is 2. The fourth-order valence-corrected chi connectivity index (χ4v) is 5.63. The Morgan fingerprint density at radius 3 is 1.82 bits per heavy atom. The van der Waals surface area contributed by atoms with Gasteiger partial charge in [-0.15, -0.1) is 0 Å². The first-order valence-corrected chi connectivity index (χ1v) is 11.6. The largest absolute Gasteiger partial charge is 0.280 e. The first-order valence-electron chi connectivity index (χ1n) is 8.67. The van der Waals surface area contributed by atoms with Crippen molar-refractivity contribution in [2.75, 3.05) is 0 Å². The summed E-state index contributed by atoms with van der Waals surface area (Å²) in [6.45, 7) is 3.54. The van der Waals surface area contributed by atoms with Crippen molar-refractivity contribution in [1.82, 2.24) is 9.44 Å². The van der Waals surface area contributed by atoms with Crippen molar-refractivity contribution in [2.45, 2.75) is 35.6 Å². The van der Waals surface area contributed by atoms with Crippen LogP contribution in [0.5, 0.6) is 0 Å². The molecule has 1 unspecified atom stereocenters. The summed E-state index contributed by atoms with van der Waals surface area (Å²) in [4.78, 5) is 0.351. The standard InChI is InChI=1S/C20H22N2O4S2/c1-16-15-20(2,22-28(25,26)18-11-7-4-8-12-18)14-13-19(16)21-27(23,24)17-9-5-3-6-10-17/h3-14,21-22H,15H2,1-2H3. The summed E-state index contributed by atoms with van der Waals surface area (Å²) < 4.78 is 55.6. The summed E-state index contributed by atoms with van der Waals surface area (Å²) in [7, 11) is -7.41. The van der Waals surface area contributed by atoms with Gasteiger partial charge in [-0.3, -0.25) is 4.72 Å². The lowest BCUT2D eigenvalue weighted by atomic mass is 9.89. The molecule has 0 spiro atoms. The van der Waals surface area contributed by atoms with Gasteiger partial charge in [0, 0.05) is 5.70 Å². The second-order valence-electron chi connectivity index (χ2n) is 6.96. The molecule has 148 valence electrons. The lowest BCUT2D eigenvalue weighted by Crippen LogP contribution is -2.46. The van der Waals surface area contributed by atoms with Crippen LogP contribution in [0.3, 0.4) is 0 Å². The molecule has 0 heterocycles. The minimum atomic E-state index is -3.71. The highest BCUT2D eigenvalue weighted by atomic mass is 32.2. The second kappa shape index (κ2) is 7.54. The predicted octanol–water partition coefficient (Wildman–Crippen LogP) is 2.94. The number of rotatable bonds is 6. The maximum Gasteiger partial charge on any atom is 0.261 e. The molecule has 0 aromatic heterocycles. The van der Waals surface area contributed by atoms with Crippen molar-refractivity contribution >= 4 is 20.0 Å². The van der Waals surface area contributed by atoms with E-state index in [-0.39, 0.29) is 9.79 Å². The second-order valence-corrected chi connectivity index (χ2v) is 10.3. The van der Waals surface area contributed by atoms with Gasteiger partial charge in [0.15, 0.2) is 0 Å². The highest BCUT2D eigenvalue weighted by Gasteiger charge is 2.32. The number of hydrogen-bond acceptors (Lipinski definition) is 4. The van der Waals surface area contributed by atoms with Crippen molar-refractivity contribution in [2.24, 2.45) is 0 Å². The van der Waals surface area contributed by atoms with Crippen LogP contribution in [0.4, 0.5) is 0 Å².